The first-order chi connectivity index (χ1) is 12.7. The highest BCUT2D eigenvalue weighted by atomic mass is 127. The van der Waals surface area contributed by atoms with Gasteiger partial charge in [-0.1, -0.05) is 11.6 Å². The summed E-state index contributed by atoms with van der Waals surface area (Å²) in [5, 5.41) is 3.81. The Kier molecular flexibility index (Phi) is 5.14. The molecule has 26 heavy (non-hydrogen) atoms. The Hall–Kier alpha value is -1.65. The first-order valence-corrected chi connectivity index (χ1v) is 9.73. The van der Waals surface area contributed by atoms with Crippen LogP contribution in [0.15, 0.2) is 24.5 Å². The molecule has 0 amide bonds. The molecule has 0 aliphatic carbocycles. The van der Waals surface area contributed by atoms with Crippen LogP contribution in [0.4, 0.5) is 11.5 Å². The maximum absolute atomic E-state index is 6.34. The molecule has 3 aromatic rings. The number of imidazole rings is 1. The molecule has 1 saturated heterocycles. The predicted molar refractivity (Wildman–Crippen MR) is 108 cm³/mol. The minimum absolute atomic E-state index is 0.0307. The van der Waals surface area contributed by atoms with E-state index in [4.69, 9.17) is 21.1 Å². The number of hydrogen-bond donors (Lipinski definition) is 1. The molecule has 0 radical (unpaired) electrons. The van der Waals surface area contributed by atoms with Crippen molar-refractivity contribution in [1.82, 2.24) is 19.5 Å². The topological polar surface area (TPSA) is 74.1 Å². The Morgan fingerprint density at radius 2 is 2.23 bits per heavy atom. The zero-order chi connectivity index (χ0) is 18.1. The van der Waals surface area contributed by atoms with Gasteiger partial charge >= 0.3 is 0 Å². The average Bonchev–Trinajstić information content (AvgIpc) is 3.08. The summed E-state index contributed by atoms with van der Waals surface area (Å²) in [5.41, 5.74) is 2.17. The number of hydrogen-bond acceptors (Lipinski definition) is 6. The summed E-state index contributed by atoms with van der Waals surface area (Å²) in [6, 6.07) is 5.44. The van der Waals surface area contributed by atoms with Gasteiger partial charge in [-0.2, -0.15) is 0 Å². The van der Waals surface area contributed by atoms with E-state index in [9.17, 15) is 0 Å². The fraction of sp³-hybridized carbons (Fsp3) is 0.353. The smallest absolute Gasteiger partial charge is 0.194 e. The summed E-state index contributed by atoms with van der Waals surface area (Å²) in [4.78, 5) is 13.6. The molecule has 1 aliphatic rings. The van der Waals surface area contributed by atoms with Gasteiger partial charge in [-0.05, 0) is 31.4 Å². The molecule has 1 aliphatic heterocycles. The standard InChI is InChI=1S/C17H17ClIN5O2/c1-25-10-5-6-12(11(18)8-10)21-15-14-16(23-17(19)22-15)24(9-20-14)13-4-2-3-7-26-13/h5-6,8-9,13H,2-4,7H2,1H3,(H,21,22,23). The maximum Gasteiger partial charge on any atom is 0.194 e. The van der Waals surface area contributed by atoms with Crippen LogP contribution >= 0.6 is 34.2 Å². The zero-order valence-corrected chi connectivity index (χ0v) is 17.0. The third-order valence-corrected chi connectivity index (χ3v) is 5.08. The van der Waals surface area contributed by atoms with E-state index < -0.39 is 0 Å². The van der Waals surface area contributed by atoms with Crippen LogP contribution in [0, 0.1) is 3.83 Å². The first kappa shape index (κ1) is 17.7. The molecule has 1 unspecified atom stereocenters. The summed E-state index contributed by atoms with van der Waals surface area (Å²) in [5.74, 6) is 1.31. The van der Waals surface area contributed by atoms with E-state index in [2.05, 4.69) is 42.9 Å². The van der Waals surface area contributed by atoms with E-state index in [-0.39, 0.29) is 6.23 Å². The molecule has 4 rings (SSSR count). The number of aromatic nitrogens is 4. The van der Waals surface area contributed by atoms with Crippen molar-refractivity contribution in [1.29, 1.82) is 0 Å². The Balaban J connectivity index is 1.72. The second-order valence-corrected chi connectivity index (χ2v) is 7.33. The molecule has 2 aromatic heterocycles. The molecular weight excluding hydrogens is 469 g/mol. The minimum Gasteiger partial charge on any atom is -0.497 e. The van der Waals surface area contributed by atoms with Crippen molar-refractivity contribution in [2.24, 2.45) is 0 Å². The maximum atomic E-state index is 6.34. The van der Waals surface area contributed by atoms with Crippen molar-refractivity contribution in [3.63, 3.8) is 0 Å². The molecular formula is C17H17ClIN5O2. The molecule has 0 saturated carbocycles. The molecule has 7 nitrogen and oxygen atoms in total. The zero-order valence-electron chi connectivity index (χ0n) is 14.1. The highest BCUT2D eigenvalue weighted by Crippen LogP contribution is 2.32. The fourth-order valence-corrected chi connectivity index (χ4v) is 3.67. The summed E-state index contributed by atoms with van der Waals surface area (Å²) in [6.07, 6.45) is 4.93. The van der Waals surface area contributed by atoms with Gasteiger partial charge in [0, 0.05) is 35.3 Å². The van der Waals surface area contributed by atoms with Gasteiger partial charge in [0.1, 0.15) is 12.0 Å². The lowest BCUT2D eigenvalue weighted by molar-refractivity contribution is -0.0298. The number of nitrogens with one attached hydrogen (secondary N) is 1. The lowest BCUT2D eigenvalue weighted by atomic mass is 10.2. The van der Waals surface area contributed by atoms with Crippen LogP contribution < -0.4 is 10.1 Å². The van der Waals surface area contributed by atoms with Crippen LogP contribution in [-0.4, -0.2) is 33.2 Å². The Bertz CT molecular complexity index is 942. The molecule has 0 spiro atoms. The second-order valence-electron chi connectivity index (χ2n) is 5.96. The second kappa shape index (κ2) is 7.53. The normalized spacial score (nSPS) is 17.4. The van der Waals surface area contributed by atoms with Crippen LogP contribution in [0.2, 0.25) is 5.02 Å². The number of benzene rings is 1. The third kappa shape index (κ3) is 3.45. The van der Waals surface area contributed by atoms with Crippen LogP contribution in [0.1, 0.15) is 25.5 Å². The van der Waals surface area contributed by atoms with E-state index in [0.29, 0.717) is 25.9 Å². The van der Waals surface area contributed by atoms with Crippen LogP contribution in [-0.2, 0) is 4.74 Å². The minimum atomic E-state index is -0.0307. The van der Waals surface area contributed by atoms with Crippen molar-refractivity contribution in [2.75, 3.05) is 19.0 Å². The number of halogens is 2. The summed E-state index contributed by atoms with van der Waals surface area (Å²) < 4.78 is 13.7. The molecule has 0 bridgehead atoms. The van der Waals surface area contributed by atoms with Gasteiger partial charge in [-0.3, -0.25) is 4.57 Å². The third-order valence-electron chi connectivity index (χ3n) is 4.29. The summed E-state index contributed by atoms with van der Waals surface area (Å²) in [7, 11) is 1.61. The molecule has 1 aromatic carbocycles. The van der Waals surface area contributed by atoms with Crippen molar-refractivity contribution >= 4 is 56.9 Å². The van der Waals surface area contributed by atoms with Crippen LogP contribution in [0.3, 0.4) is 0 Å². The molecule has 1 atom stereocenters. The monoisotopic (exact) mass is 485 g/mol. The number of ether oxygens (including phenoxy) is 2. The van der Waals surface area contributed by atoms with Crippen molar-refractivity contribution in [2.45, 2.75) is 25.5 Å². The van der Waals surface area contributed by atoms with E-state index in [1.165, 1.54) is 0 Å². The molecule has 9 heteroatoms. The Morgan fingerprint density at radius 1 is 1.35 bits per heavy atom. The number of methoxy groups -OCH3 is 1. The molecule has 1 N–H and O–H groups in total. The van der Waals surface area contributed by atoms with Crippen molar-refractivity contribution in [3.8, 4) is 5.75 Å². The quantitative estimate of drug-likeness (QED) is 0.432. The summed E-state index contributed by atoms with van der Waals surface area (Å²) in [6.45, 7) is 0.763. The molecule has 1 fully saturated rings. The highest BCUT2D eigenvalue weighted by molar-refractivity contribution is 14.1. The van der Waals surface area contributed by atoms with Gasteiger partial charge < -0.3 is 14.8 Å². The Labute approximate surface area is 169 Å². The fourth-order valence-electron chi connectivity index (χ4n) is 2.98. The SMILES string of the molecule is COc1ccc(Nc2nc(I)nc3c2ncn3C2CCCCO2)c(Cl)c1. The van der Waals surface area contributed by atoms with Crippen LogP contribution in [0.25, 0.3) is 11.2 Å². The van der Waals surface area contributed by atoms with E-state index in [1.807, 2.05) is 16.7 Å². The predicted octanol–water partition coefficient (Wildman–Crippen LogP) is 4.54. The van der Waals surface area contributed by atoms with Gasteiger partial charge in [-0.15, -0.1) is 0 Å². The first-order valence-electron chi connectivity index (χ1n) is 8.28. The van der Waals surface area contributed by atoms with Gasteiger partial charge in [0.25, 0.3) is 0 Å². The van der Waals surface area contributed by atoms with Crippen molar-refractivity contribution < 1.29 is 9.47 Å². The van der Waals surface area contributed by atoms with Gasteiger partial charge in [0.15, 0.2) is 20.8 Å². The summed E-state index contributed by atoms with van der Waals surface area (Å²) >= 11 is 8.45. The molecule has 3 heterocycles. The van der Waals surface area contributed by atoms with E-state index in [0.717, 1.165) is 37.2 Å². The van der Waals surface area contributed by atoms with Crippen LogP contribution in [0.5, 0.6) is 5.75 Å². The highest BCUT2D eigenvalue weighted by Gasteiger charge is 2.21. The Morgan fingerprint density at radius 3 is 2.96 bits per heavy atom. The number of anilines is 2. The number of nitrogens with zero attached hydrogens (tertiary/aromatic N) is 4. The van der Waals surface area contributed by atoms with E-state index in [1.54, 1.807) is 19.5 Å². The number of fused-ring (bicyclic) bond motifs is 1. The molecule has 136 valence electrons. The van der Waals surface area contributed by atoms with Crippen molar-refractivity contribution in [3.05, 3.63) is 33.4 Å². The largest absolute Gasteiger partial charge is 0.497 e. The van der Waals surface area contributed by atoms with Gasteiger partial charge in [0.2, 0.25) is 0 Å². The lowest BCUT2D eigenvalue weighted by Gasteiger charge is -2.23. The van der Waals surface area contributed by atoms with E-state index >= 15 is 0 Å². The average molecular weight is 486 g/mol. The number of rotatable bonds is 4. The van der Waals surface area contributed by atoms with Gasteiger partial charge in [-0.25, -0.2) is 15.0 Å². The lowest BCUT2D eigenvalue weighted by Crippen LogP contribution is -2.18. The van der Waals surface area contributed by atoms with Gasteiger partial charge in [0.05, 0.1) is 24.1 Å².